The van der Waals surface area contributed by atoms with E-state index in [1.54, 1.807) is 11.3 Å². The molecule has 7 heteroatoms. The molecule has 5 nitrogen and oxygen atoms in total. The Morgan fingerprint density at radius 2 is 2.00 bits per heavy atom. The van der Waals surface area contributed by atoms with Gasteiger partial charge in [0, 0.05) is 45.4 Å². The molecule has 0 bridgehead atoms. The summed E-state index contributed by atoms with van der Waals surface area (Å²) in [5, 5.41) is 13.8. The second kappa shape index (κ2) is 7.88. The molecule has 25 heavy (non-hydrogen) atoms. The van der Waals surface area contributed by atoms with Gasteiger partial charge in [-0.3, -0.25) is 9.80 Å². The van der Waals surface area contributed by atoms with Crippen LogP contribution in [0, 0.1) is 0 Å². The Bertz CT molecular complexity index is 804. The Labute approximate surface area is 155 Å². The van der Waals surface area contributed by atoms with E-state index in [1.165, 1.54) is 22.9 Å². The zero-order chi connectivity index (χ0) is 17.1. The van der Waals surface area contributed by atoms with Crippen LogP contribution in [-0.4, -0.2) is 55.9 Å². The monoisotopic (exact) mass is 374 g/mol. The molecule has 3 aromatic rings. The Hall–Kier alpha value is -1.38. The molecule has 1 saturated heterocycles. The molecule has 1 aromatic carbocycles. The van der Waals surface area contributed by atoms with Gasteiger partial charge in [-0.2, -0.15) is 20.1 Å². The van der Waals surface area contributed by atoms with Crippen LogP contribution >= 0.6 is 23.1 Å². The lowest BCUT2D eigenvalue weighted by molar-refractivity contribution is 0.0501. The number of nitrogens with zero attached hydrogens (tertiary/aromatic N) is 4. The number of aliphatic hydroxyl groups is 1. The second-order valence-electron chi connectivity index (χ2n) is 6.59. The number of benzene rings is 1. The van der Waals surface area contributed by atoms with E-state index in [4.69, 9.17) is 0 Å². The fourth-order valence-corrected chi connectivity index (χ4v) is 4.71. The predicted molar refractivity (Wildman–Crippen MR) is 103 cm³/mol. The van der Waals surface area contributed by atoms with E-state index < -0.39 is 0 Å². The molecule has 132 valence electrons. The Morgan fingerprint density at radius 3 is 2.84 bits per heavy atom. The minimum absolute atomic E-state index is 0.245. The summed E-state index contributed by atoms with van der Waals surface area (Å²) in [7, 11) is 0. The molecule has 1 aliphatic heterocycles. The smallest absolute Gasteiger partial charge is 0.105 e. The molecule has 1 atom stereocenters. The van der Waals surface area contributed by atoms with Gasteiger partial charge in [-0.15, -0.1) is 0 Å². The summed E-state index contributed by atoms with van der Waals surface area (Å²) >= 11 is 3.02. The lowest BCUT2D eigenvalue weighted by atomic mass is 10.1. The molecule has 0 unspecified atom stereocenters. The van der Waals surface area contributed by atoms with Crippen LogP contribution in [0.3, 0.4) is 0 Å². The maximum atomic E-state index is 9.48. The fraction of sp³-hybridized carbons (Fsp3) is 0.444. The van der Waals surface area contributed by atoms with Crippen molar-refractivity contribution in [1.29, 1.82) is 0 Å². The van der Waals surface area contributed by atoms with E-state index in [2.05, 4.69) is 53.6 Å². The minimum Gasteiger partial charge on any atom is -0.396 e. The van der Waals surface area contributed by atoms with Gasteiger partial charge in [0.15, 0.2) is 0 Å². The third-order valence-corrected chi connectivity index (χ3v) is 6.13. The van der Waals surface area contributed by atoms with Crippen LogP contribution in [0.4, 0.5) is 0 Å². The van der Waals surface area contributed by atoms with Crippen LogP contribution < -0.4 is 0 Å². The molecule has 1 aliphatic rings. The average Bonchev–Trinajstić information content (AvgIpc) is 3.28. The molecular weight excluding hydrogens is 352 g/mol. The summed E-state index contributed by atoms with van der Waals surface area (Å²) in [6, 6.07) is 8.97. The van der Waals surface area contributed by atoms with Crippen molar-refractivity contribution in [3.8, 4) is 0 Å². The van der Waals surface area contributed by atoms with Gasteiger partial charge in [0.2, 0.25) is 0 Å². The summed E-state index contributed by atoms with van der Waals surface area (Å²) in [6.07, 6.45) is 0.829. The third-order valence-electron chi connectivity index (χ3n) is 4.84. The lowest BCUT2D eigenvalue weighted by Gasteiger charge is -2.41. The van der Waals surface area contributed by atoms with E-state index in [1.807, 2.05) is 0 Å². The van der Waals surface area contributed by atoms with Gasteiger partial charge >= 0.3 is 0 Å². The highest BCUT2D eigenvalue weighted by Crippen LogP contribution is 2.21. The predicted octanol–water partition coefficient (Wildman–Crippen LogP) is 2.82. The molecule has 4 rings (SSSR count). The van der Waals surface area contributed by atoms with Crippen molar-refractivity contribution in [2.75, 3.05) is 26.2 Å². The van der Waals surface area contributed by atoms with Gasteiger partial charge in [0.1, 0.15) is 11.0 Å². The largest absolute Gasteiger partial charge is 0.396 e. The third kappa shape index (κ3) is 4.07. The zero-order valence-electron chi connectivity index (χ0n) is 14.0. The molecule has 0 amide bonds. The highest BCUT2D eigenvalue weighted by atomic mass is 32.1. The van der Waals surface area contributed by atoms with Crippen LogP contribution in [-0.2, 0) is 13.1 Å². The Kier molecular flexibility index (Phi) is 5.38. The van der Waals surface area contributed by atoms with E-state index in [9.17, 15) is 5.11 Å². The summed E-state index contributed by atoms with van der Waals surface area (Å²) in [5.74, 6) is 0. The van der Waals surface area contributed by atoms with Gasteiger partial charge in [-0.05, 0) is 46.5 Å². The van der Waals surface area contributed by atoms with Gasteiger partial charge in [-0.25, -0.2) is 0 Å². The summed E-state index contributed by atoms with van der Waals surface area (Å²) < 4.78 is 8.61. The second-order valence-corrected chi connectivity index (χ2v) is 7.90. The van der Waals surface area contributed by atoms with Crippen LogP contribution in [0.1, 0.15) is 17.5 Å². The first kappa shape index (κ1) is 17.1. The summed E-state index contributed by atoms with van der Waals surface area (Å²) in [4.78, 5) is 5.01. The standard InChI is InChI=1S/C18H22N4OS2/c23-7-3-16-12-21(5-6-22(16)11-15-4-8-24-13-15)10-14-1-2-17-18(9-14)20-25-19-17/h1-2,4,8-9,13,16,23H,3,5-7,10-12H2/t16-/m0/s1. The Balaban J connectivity index is 1.41. The molecule has 1 fully saturated rings. The van der Waals surface area contributed by atoms with E-state index >= 15 is 0 Å². The molecular formula is C18H22N4OS2. The number of hydrogen-bond donors (Lipinski definition) is 1. The molecule has 2 aromatic heterocycles. The first-order valence-electron chi connectivity index (χ1n) is 8.61. The van der Waals surface area contributed by atoms with Crippen LogP contribution in [0.25, 0.3) is 11.0 Å². The molecule has 0 spiro atoms. The zero-order valence-corrected chi connectivity index (χ0v) is 15.7. The SMILES string of the molecule is OCC[C@H]1CN(Cc2ccc3nsnc3c2)CCN1Cc1ccsc1. The molecule has 0 aliphatic carbocycles. The van der Waals surface area contributed by atoms with Crippen LogP contribution in [0.5, 0.6) is 0 Å². The highest BCUT2D eigenvalue weighted by molar-refractivity contribution is 7.07. The van der Waals surface area contributed by atoms with Crippen LogP contribution in [0.15, 0.2) is 35.0 Å². The molecule has 1 N–H and O–H groups in total. The van der Waals surface area contributed by atoms with Crippen molar-refractivity contribution in [3.63, 3.8) is 0 Å². The number of hydrogen-bond acceptors (Lipinski definition) is 7. The Morgan fingerprint density at radius 1 is 1.08 bits per heavy atom. The van der Waals surface area contributed by atoms with Crippen molar-refractivity contribution in [1.82, 2.24) is 18.5 Å². The van der Waals surface area contributed by atoms with Crippen molar-refractivity contribution < 1.29 is 5.11 Å². The number of rotatable bonds is 6. The summed E-state index contributed by atoms with van der Waals surface area (Å²) in [5.41, 5.74) is 4.63. The number of aliphatic hydroxyl groups excluding tert-OH is 1. The van der Waals surface area contributed by atoms with E-state index in [-0.39, 0.29) is 6.61 Å². The maximum Gasteiger partial charge on any atom is 0.105 e. The van der Waals surface area contributed by atoms with Crippen molar-refractivity contribution in [2.45, 2.75) is 25.6 Å². The fourth-order valence-electron chi connectivity index (χ4n) is 3.53. The normalized spacial score (nSPS) is 19.6. The van der Waals surface area contributed by atoms with Gasteiger partial charge < -0.3 is 5.11 Å². The molecule has 0 radical (unpaired) electrons. The topological polar surface area (TPSA) is 52.5 Å². The van der Waals surface area contributed by atoms with Gasteiger partial charge in [-0.1, -0.05) is 6.07 Å². The first-order valence-corrected chi connectivity index (χ1v) is 10.3. The number of aromatic nitrogens is 2. The van der Waals surface area contributed by atoms with E-state index in [0.29, 0.717) is 6.04 Å². The maximum absolute atomic E-state index is 9.48. The molecule has 0 saturated carbocycles. The molecule has 3 heterocycles. The lowest BCUT2D eigenvalue weighted by Crippen LogP contribution is -2.52. The summed E-state index contributed by atoms with van der Waals surface area (Å²) in [6.45, 7) is 5.26. The highest BCUT2D eigenvalue weighted by Gasteiger charge is 2.26. The minimum atomic E-state index is 0.245. The first-order chi connectivity index (χ1) is 12.3. The van der Waals surface area contributed by atoms with Gasteiger partial charge in [0.25, 0.3) is 0 Å². The van der Waals surface area contributed by atoms with Crippen molar-refractivity contribution >= 4 is 34.1 Å². The van der Waals surface area contributed by atoms with Crippen molar-refractivity contribution in [3.05, 3.63) is 46.2 Å². The average molecular weight is 375 g/mol. The van der Waals surface area contributed by atoms with E-state index in [0.717, 1.165) is 50.2 Å². The number of piperazine rings is 1. The quantitative estimate of drug-likeness (QED) is 0.719. The van der Waals surface area contributed by atoms with Gasteiger partial charge in [0.05, 0.1) is 11.7 Å². The number of fused-ring (bicyclic) bond motifs is 1. The van der Waals surface area contributed by atoms with Crippen LogP contribution in [0.2, 0.25) is 0 Å². The van der Waals surface area contributed by atoms with Crippen molar-refractivity contribution in [2.24, 2.45) is 0 Å². The number of thiophene rings is 1.